The van der Waals surface area contributed by atoms with Crippen LogP contribution in [0.5, 0.6) is 0 Å². The Labute approximate surface area is 212 Å². The van der Waals surface area contributed by atoms with Crippen molar-refractivity contribution in [1.82, 2.24) is 24.3 Å². The molecule has 4 aliphatic rings. The van der Waals surface area contributed by atoms with Crippen molar-refractivity contribution in [2.45, 2.75) is 19.2 Å². The number of nitrogens with zero attached hydrogens (tertiary/aromatic N) is 6. The lowest BCUT2D eigenvalue weighted by Crippen LogP contribution is -2.28. The molecule has 2 aliphatic heterocycles. The number of ether oxygens (including phenoxy) is 2. The van der Waals surface area contributed by atoms with E-state index in [1.165, 1.54) is 5.57 Å². The largest absolute Gasteiger partial charge is 0.474 e. The molecule has 4 heterocycles. The Bertz CT molecular complexity index is 1520. The number of rotatable bonds is 4. The first-order valence-corrected chi connectivity index (χ1v) is 12.3. The third-order valence-corrected chi connectivity index (χ3v) is 7.43. The second-order valence-corrected chi connectivity index (χ2v) is 9.68. The number of hydrogen-bond donors (Lipinski definition) is 0. The molecule has 36 heavy (non-hydrogen) atoms. The molecule has 180 valence electrons. The maximum absolute atomic E-state index is 6.37. The fourth-order valence-electron chi connectivity index (χ4n) is 5.48. The average molecular weight is 499 g/mol. The summed E-state index contributed by atoms with van der Waals surface area (Å²) in [5, 5.41) is 9.49. The summed E-state index contributed by atoms with van der Waals surface area (Å²) in [5.74, 6) is 2.60. The van der Waals surface area contributed by atoms with Crippen molar-refractivity contribution < 1.29 is 9.47 Å². The summed E-state index contributed by atoms with van der Waals surface area (Å²) in [6.07, 6.45) is 17.0. The smallest absolute Gasteiger partial charge is 0.237 e. The van der Waals surface area contributed by atoms with Gasteiger partial charge in [-0.1, -0.05) is 54.1 Å². The summed E-state index contributed by atoms with van der Waals surface area (Å²) < 4.78 is 15.7. The zero-order valence-electron chi connectivity index (χ0n) is 19.6. The van der Waals surface area contributed by atoms with Crippen molar-refractivity contribution in [2.24, 2.45) is 16.8 Å². The van der Waals surface area contributed by atoms with Gasteiger partial charge in [0.2, 0.25) is 5.90 Å². The minimum absolute atomic E-state index is 0.0184. The Balaban J connectivity index is 1.30. The Kier molecular flexibility index (Phi) is 5.04. The van der Waals surface area contributed by atoms with Crippen LogP contribution < -0.4 is 0 Å². The van der Waals surface area contributed by atoms with Gasteiger partial charge in [0.15, 0.2) is 11.6 Å². The van der Waals surface area contributed by atoms with Crippen LogP contribution in [0, 0.1) is 11.8 Å². The lowest BCUT2D eigenvalue weighted by molar-refractivity contribution is 0.174. The zero-order valence-corrected chi connectivity index (χ0v) is 20.3. The highest BCUT2D eigenvalue weighted by Crippen LogP contribution is 2.37. The standard InChI is InChI=1S/C27H23ClN6O2/c1-35-14-24-31-32-26-20-11-17(28)9-10-22(20)34-15-29-25(23(34)12-33(24)26)27-30-21(13-36-27)19-8-4-6-16-5-2-3-7-18(16)19/h2-11,15,18-19,21H,12-14H2,1H3/t18?,19?,21-/m1/s1. The van der Waals surface area contributed by atoms with Crippen LogP contribution >= 0.6 is 11.6 Å². The molecule has 8 nitrogen and oxygen atoms in total. The highest BCUT2D eigenvalue weighted by Gasteiger charge is 2.36. The fourth-order valence-corrected chi connectivity index (χ4v) is 5.66. The lowest BCUT2D eigenvalue weighted by atomic mass is 9.76. The van der Waals surface area contributed by atoms with Gasteiger partial charge in [-0.15, -0.1) is 10.2 Å². The van der Waals surface area contributed by atoms with Gasteiger partial charge in [0.05, 0.1) is 24.0 Å². The Morgan fingerprint density at radius 3 is 3.03 bits per heavy atom. The summed E-state index contributed by atoms with van der Waals surface area (Å²) in [5.41, 5.74) is 4.82. The van der Waals surface area contributed by atoms with Crippen molar-refractivity contribution in [3.8, 4) is 17.1 Å². The molecule has 7 rings (SSSR count). The molecule has 0 N–H and O–H groups in total. The number of aliphatic imine (C=N–C) groups is 1. The van der Waals surface area contributed by atoms with E-state index < -0.39 is 0 Å². The van der Waals surface area contributed by atoms with Crippen molar-refractivity contribution in [1.29, 1.82) is 0 Å². The predicted molar refractivity (Wildman–Crippen MR) is 136 cm³/mol. The minimum atomic E-state index is 0.0184. The quantitative estimate of drug-likeness (QED) is 0.419. The van der Waals surface area contributed by atoms with E-state index in [-0.39, 0.29) is 12.0 Å². The molecule has 2 aliphatic carbocycles. The number of halogens is 1. The summed E-state index contributed by atoms with van der Waals surface area (Å²) >= 11 is 6.37. The Hall–Kier alpha value is -3.75. The van der Waals surface area contributed by atoms with Gasteiger partial charge in [-0.05, 0) is 23.8 Å². The van der Waals surface area contributed by atoms with E-state index in [4.69, 9.17) is 31.1 Å². The third-order valence-electron chi connectivity index (χ3n) is 7.19. The van der Waals surface area contributed by atoms with Crippen LogP contribution in [0.3, 0.4) is 0 Å². The van der Waals surface area contributed by atoms with Gasteiger partial charge in [-0.25, -0.2) is 9.98 Å². The van der Waals surface area contributed by atoms with Gasteiger partial charge in [-0.3, -0.25) is 4.57 Å². The van der Waals surface area contributed by atoms with Gasteiger partial charge >= 0.3 is 0 Å². The molecule has 0 bridgehead atoms. The lowest BCUT2D eigenvalue weighted by Gasteiger charge is -2.29. The van der Waals surface area contributed by atoms with Gasteiger partial charge in [0.25, 0.3) is 0 Å². The number of methoxy groups -OCH3 is 1. The third kappa shape index (κ3) is 3.32. The van der Waals surface area contributed by atoms with Crippen LogP contribution in [-0.2, 0) is 22.6 Å². The molecule has 2 unspecified atom stereocenters. The molecule has 0 amide bonds. The molecule has 0 saturated heterocycles. The van der Waals surface area contributed by atoms with Crippen LogP contribution in [0.4, 0.5) is 0 Å². The Morgan fingerprint density at radius 2 is 2.11 bits per heavy atom. The highest BCUT2D eigenvalue weighted by molar-refractivity contribution is 6.31. The van der Waals surface area contributed by atoms with E-state index in [0.717, 1.165) is 34.3 Å². The van der Waals surface area contributed by atoms with Crippen molar-refractivity contribution in [2.75, 3.05) is 13.7 Å². The highest BCUT2D eigenvalue weighted by atomic mass is 35.5. The summed E-state index contributed by atoms with van der Waals surface area (Å²) in [6.45, 7) is 1.37. The van der Waals surface area contributed by atoms with Gasteiger partial charge in [0, 0.05) is 29.5 Å². The summed E-state index contributed by atoms with van der Waals surface area (Å²) in [6, 6.07) is 5.79. The van der Waals surface area contributed by atoms with E-state index >= 15 is 0 Å². The van der Waals surface area contributed by atoms with E-state index in [9.17, 15) is 0 Å². The zero-order chi connectivity index (χ0) is 24.2. The van der Waals surface area contributed by atoms with Crippen molar-refractivity contribution >= 4 is 17.5 Å². The van der Waals surface area contributed by atoms with Crippen LogP contribution in [0.2, 0.25) is 5.02 Å². The van der Waals surface area contributed by atoms with E-state index in [0.29, 0.717) is 36.6 Å². The second-order valence-electron chi connectivity index (χ2n) is 9.24. The predicted octanol–water partition coefficient (Wildman–Crippen LogP) is 4.29. The number of benzene rings is 1. The number of imidazole rings is 1. The SMILES string of the molecule is COCc1nnc2n1Cc1c(C3=N[C@@H](C4C=CC=C5C=CC=CC54)CO3)ncn1-c1ccc(Cl)cc1-2. The monoisotopic (exact) mass is 498 g/mol. The number of fused-ring (bicyclic) bond motifs is 6. The van der Waals surface area contributed by atoms with Gasteiger partial charge < -0.3 is 14.0 Å². The molecule has 3 aromatic rings. The molecule has 0 radical (unpaired) electrons. The topological polar surface area (TPSA) is 79.3 Å². The molecule has 1 aromatic carbocycles. The molecule has 0 fully saturated rings. The second kappa shape index (κ2) is 8.43. The Morgan fingerprint density at radius 1 is 1.17 bits per heavy atom. The normalized spacial score (nSPS) is 23.2. The fraction of sp³-hybridized carbons (Fsp3) is 0.259. The van der Waals surface area contributed by atoms with Crippen LogP contribution in [0.1, 0.15) is 17.2 Å². The van der Waals surface area contributed by atoms with E-state index in [1.807, 2.05) is 24.5 Å². The summed E-state index contributed by atoms with van der Waals surface area (Å²) in [7, 11) is 1.65. The minimum Gasteiger partial charge on any atom is -0.474 e. The molecule has 0 spiro atoms. The maximum Gasteiger partial charge on any atom is 0.237 e. The first-order chi connectivity index (χ1) is 17.7. The molecule has 0 saturated carbocycles. The van der Waals surface area contributed by atoms with Gasteiger partial charge in [-0.2, -0.15) is 0 Å². The number of hydrogen-bond acceptors (Lipinski definition) is 6. The molecule has 3 atom stereocenters. The molecular weight excluding hydrogens is 476 g/mol. The van der Waals surface area contributed by atoms with Crippen molar-refractivity contribution in [3.63, 3.8) is 0 Å². The number of aromatic nitrogens is 5. The molecule has 9 heteroatoms. The van der Waals surface area contributed by atoms with Gasteiger partial charge in [0.1, 0.15) is 25.2 Å². The van der Waals surface area contributed by atoms with E-state index in [1.54, 1.807) is 7.11 Å². The maximum atomic E-state index is 6.37. The van der Waals surface area contributed by atoms with E-state index in [2.05, 4.69) is 61.9 Å². The van der Waals surface area contributed by atoms with Crippen molar-refractivity contribution in [3.05, 3.63) is 94.9 Å². The van der Waals surface area contributed by atoms with Crippen LogP contribution in [0.15, 0.2) is 77.6 Å². The first-order valence-electron chi connectivity index (χ1n) is 11.9. The number of allylic oxidation sites excluding steroid dienone is 7. The average Bonchev–Trinajstić information content (AvgIpc) is 3.62. The van der Waals surface area contributed by atoms with Crippen LogP contribution in [-0.4, -0.2) is 50.0 Å². The molecular formula is C27H23ClN6O2. The summed E-state index contributed by atoms with van der Waals surface area (Å²) in [4.78, 5) is 9.82. The van der Waals surface area contributed by atoms with Crippen LogP contribution in [0.25, 0.3) is 17.1 Å². The molecule has 2 aromatic heterocycles. The first kappa shape index (κ1) is 21.5.